The molecule has 1 fully saturated rings. The van der Waals surface area contributed by atoms with Gasteiger partial charge in [0.05, 0.1) is 0 Å². The van der Waals surface area contributed by atoms with Crippen molar-refractivity contribution in [3.8, 4) is 0 Å². The normalized spacial score (nSPS) is 16.5. The molecule has 3 rings (SSSR count). The zero-order valence-corrected chi connectivity index (χ0v) is 11.0. The van der Waals surface area contributed by atoms with Gasteiger partial charge >= 0.3 is 0 Å². The van der Waals surface area contributed by atoms with Gasteiger partial charge in [0.1, 0.15) is 0 Å². The lowest BCUT2D eigenvalue weighted by atomic mass is 10.1. The van der Waals surface area contributed by atoms with E-state index in [0.29, 0.717) is 18.2 Å². The van der Waals surface area contributed by atoms with Crippen molar-refractivity contribution in [3.05, 3.63) is 47.6 Å². The minimum atomic E-state index is 0.183. The molecule has 0 saturated heterocycles. The summed E-state index contributed by atoms with van der Waals surface area (Å²) in [7, 11) is 0. The second-order valence-electron chi connectivity index (χ2n) is 5.30. The lowest BCUT2D eigenvalue weighted by molar-refractivity contribution is 0.359. The monoisotopic (exact) mass is 257 g/mol. The molecule has 1 aromatic carbocycles. The van der Waals surface area contributed by atoms with Gasteiger partial charge in [-0.3, -0.25) is 0 Å². The third kappa shape index (κ3) is 3.41. The fourth-order valence-corrected chi connectivity index (χ4v) is 2.27. The summed E-state index contributed by atoms with van der Waals surface area (Å²) in [6, 6.07) is 10.5. The summed E-state index contributed by atoms with van der Waals surface area (Å²) in [4.78, 5) is 4.42. The average Bonchev–Trinajstić information content (AvgIpc) is 3.20. The fraction of sp³-hybridized carbons (Fsp3) is 0.467. The highest BCUT2D eigenvalue weighted by atomic mass is 16.5. The van der Waals surface area contributed by atoms with Crippen molar-refractivity contribution < 1.29 is 4.52 Å². The molecule has 1 aromatic heterocycles. The van der Waals surface area contributed by atoms with Crippen LogP contribution in [-0.4, -0.2) is 16.2 Å². The lowest BCUT2D eigenvalue weighted by Gasteiger charge is -2.04. The molecule has 1 heterocycles. The Bertz CT molecular complexity index is 519. The van der Waals surface area contributed by atoms with Crippen molar-refractivity contribution in [3.63, 3.8) is 0 Å². The first-order valence-electron chi connectivity index (χ1n) is 6.92. The van der Waals surface area contributed by atoms with Crippen LogP contribution in [-0.2, 0) is 19.3 Å². The number of aryl methyl sites for hydroxylation is 2. The summed E-state index contributed by atoms with van der Waals surface area (Å²) in [5, 5.41) is 4.02. The van der Waals surface area contributed by atoms with Crippen LogP contribution in [0.2, 0.25) is 0 Å². The van der Waals surface area contributed by atoms with E-state index in [0.717, 1.165) is 18.7 Å². The highest BCUT2D eigenvalue weighted by molar-refractivity contribution is 5.15. The maximum atomic E-state index is 6.06. The van der Waals surface area contributed by atoms with Crippen LogP contribution in [0.4, 0.5) is 0 Å². The van der Waals surface area contributed by atoms with Crippen LogP contribution in [0, 0.1) is 5.92 Å². The van der Waals surface area contributed by atoms with Crippen molar-refractivity contribution in [2.24, 2.45) is 11.7 Å². The molecule has 0 aliphatic heterocycles. The first-order valence-corrected chi connectivity index (χ1v) is 6.92. The molecule has 0 radical (unpaired) electrons. The van der Waals surface area contributed by atoms with Crippen LogP contribution in [0.15, 0.2) is 34.9 Å². The van der Waals surface area contributed by atoms with Crippen LogP contribution in [0.25, 0.3) is 0 Å². The second-order valence-corrected chi connectivity index (χ2v) is 5.30. The maximum absolute atomic E-state index is 6.06. The largest absolute Gasteiger partial charge is 0.339 e. The third-order valence-electron chi connectivity index (χ3n) is 3.63. The minimum absolute atomic E-state index is 0.183. The minimum Gasteiger partial charge on any atom is -0.339 e. The molecule has 0 bridgehead atoms. The van der Waals surface area contributed by atoms with Gasteiger partial charge in [0, 0.05) is 18.9 Å². The van der Waals surface area contributed by atoms with Crippen LogP contribution in [0.5, 0.6) is 0 Å². The third-order valence-corrected chi connectivity index (χ3v) is 3.63. The number of nitrogens with zero attached hydrogens (tertiary/aromatic N) is 2. The van der Waals surface area contributed by atoms with Gasteiger partial charge in [0.2, 0.25) is 5.89 Å². The molecule has 1 aliphatic carbocycles. The van der Waals surface area contributed by atoms with E-state index >= 15 is 0 Å². The molecular weight excluding hydrogens is 238 g/mol. The van der Waals surface area contributed by atoms with Gasteiger partial charge in [0.25, 0.3) is 0 Å². The molecule has 0 amide bonds. The first-order chi connectivity index (χ1) is 9.31. The lowest BCUT2D eigenvalue weighted by Crippen LogP contribution is -2.25. The Kier molecular flexibility index (Phi) is 3.60. The molecule has 1 atom stereocenters. The van der Waals surface area contributed by atoms with Gasteiger partial charge in [0.15, 0.2) is 5.82 Å². The van der Waals surface area contributed by atoms with Crippen molar-refractivity contribution in [1.82, 2.24) is 10.1 Å². The molecule has 4 heteroatoms. The SMILES string of the molecule is NC(Cc1nc(CCc2ccccc2)no1)C1CC1. The molecule has 2 aromatic rings. The Morgan fingerprint density at radius 2 is 2.00 bits per heavy atom. The molecule has 1 saturated carbocycles. The molecule has 0 spiro atoms. The summed E-state index contributed by atoms with van der Waals surface area (Å²) in [6.45, 7) is 0. The Balaban J connectivity index is 1.53. The van der Waals surface area contributed by atoms with Crippen molar-refractivity contribution in [1.29, 1.82) is 0 Å². The van der Waals surface area contributed by atoms with Gasteiger partial charge in [-0.2, -0.15) is 4.98 Å². The van der Waals surface area contributed by atoms with E-state index in [1.165, 1.54) is 18.4 Å². The van der Waals surface area contributed by atoms with Crippen LogP contribution >= 0.6 is 0 Å². The Morgan fingerprint density at radius 1 is 1.21 bits per heavy atom. The highest BCUT2D eigenvalue weighted by Crippen LogP contribution is 2.32. The van der Waals surface area contributed by atoms with Crippen LogP contribution in [0.3, 0.4) is 0 Å². The Labute approximate surface area is 113 Å². The summed E-state index contributed by atoms with van der Waals surface area (Å²) < 4.78 is 5.26. The Hall–Kier alpha value is -1.68. The quantitative estimate of drug-likeness (QED) is 0.861. The molecule has 4 nitrogen and oxygen atoms in total. The number of aromatic nitrogens is 2. The predicted molar refractivity (Wildman–Crippen MR) is 72.6 cm³/mol. The Morgan fingerprint density at radius 3 is 2.74 bits per heavy atom. The smallest absolute Gasteiger partial charge is 0.228 e. The molecule has 1 aliphatic rings. The summed E-state index contributed by atoms with van der Waals surface area (Å²) in [5.41, 5.74) is 7.35. The van der Waals surface area contributed by atoms with E-state index in [4.69, 9.17) is 10.3 Å². The zero-order chi connectivity index (χ0) is 13.1. The van der Waals surface area contributed by atoms with Crippen LogP contribution < -0.4 is 5.73 Å². The second kappa shape index (κ2) is 5.53. The standard InChI is InChI=1S/C15H19N3O/c16-13(12-7-8-12)10-15-17-14(18-19-15)9-6-11-4-2-1-3-5-11/h1-5,12-13H,6-10,16H2. The van der Waals surface area contributed by atoms with E-state index in [-0.39, 0.29) is 6.04 Å². The summed E-state index contributed by atoms with van der Waals surface area (Å²) in [5.74, 6) is 2.13. The number of hydrogen-bond donors (Lipinski definition) is 1. The number of rotatable bonds is 6. The van der Waals surface area contributed by atoms with Gasteiger partial charge in [-0.15, -0.1) is 0 Å². The van der Waals surface area contributed by atoms with Crippen molar-refractivity contribution in [2.45, 2.75) is 38.1 Å². The van der Waals surface area contributed by atoms with Crippen molar-refractivity contribution >= 4 is 0 Å². The van der Waals surface area contributed by atoms with E-state index in [2.05, 4.69) is 22.3 Å². The highest BCUT2D eigenvalue weighted by Gasteiger charge is 2.29. The van der Waals surface area contributed by atoms with Crippen molar-refractivity contribution in [2.75, 3.05) is 0 Å². The van der Waals surface area contributed by atoms with Crippen LogP contribution in [0.1, 0.15) is 30.1 Å². The molecule has 100 valence electrons. The van der Waals surface area contributed by atoms with E-state index < -0.39 is 0 Å². The molecule has 19 heavy (non-hydrogen) atoms. The molecule has 2 N–H and O–H groups in total. The fourth-order valence-electron chi connectivity index (χ4n) is 2.27. The average molecular weight is 257 g/mol. The first kappa shape index (κ1) is 12.4. The van der Waals surface area contributed by atoms with Gasteiger partial charge in [-0.05, 0) is 30.7 Å². The number of hydrogen-bond acceptors (Lipinski definition) is 4. The molecular formula is C15H19N3O. The molecule has 1 unspecified atom stereocenters. The predicted octanol–water partition coefficient (Wildman–Crippen LogP) is 2.13. The number of benzene rings is 1. The van der Waals surface area contributed by atoms with E-state index in [1.54, 1.807) is 0 Å². The summed E-state index contributed by atoms with van der Waals surface area (Å²) in [6.07, 6.45) is 4.95. The number of nitrogens with two attached hydrogens (primary N) is 1. The topological polar surface area (TPSA) is 64.9 Å². The van der Waals surface area contributed by atoms with E-state index in [9.17, 15) is 0 Å². The van der Waals surface area contributed by atoms with E-state index in [1.807, 2.05) is 18.2 Å². The van der Waals surface area contributed by atoms with Gasteiger partial charge in [-0.25, -0.2) is 0 Å². The maximum Gasteiger partial charge on any atom is 0.228 e. The van der Waals surface area contributed by atoms with Gasteiger partial charge in [-0.1, -0.05) is 35.5 Å². The van der Waals surface area contributed by atoms with Gasteiger partial charge < -0.3 is 10.3 Å². The zero-order valence-electron chi connectivity index (χ0n) is 11.0. The summed E-state index contributed by atoms with van der Waals surface area (Å²) >= 11 is 0.